The lowest BCUT2D eigenvalue weighted by atomic mass is 10.1. The number of nitrogens with zero attached hydrogens (tertiary/aromatic N) is 2. The molecule has 19 heavy (non-hydrogen) atoms. The van der Waals surface area contributed by atoms with Crippen LogP contribution in [-0.2, 0) is 6.42 Å². The molecule has 3 nitrogen and oxygen atoms in total. The summed E-state index contributed by atoms with van der Waals surface area (Å²) >= 11 is 0. The van der Waals surface area contributed by atoms with Crippen LogP contribution >= 0.6 is 0 Å². The Labute approximate surface area is 112 Å². The lowest BCUT2D eigenvalue weighted by Crippen LogP contribution is -2.04. The Balaban J connectivity index is 2.54. The maximum absolute atomic E-state index is 14.1. The van der Waals surface area contributed by atoms with Crippen LogP contribution in [0.25, 0.3) is 5.69 Å². The van der Waals surface area contributed by atoms with E-state index in [0.29, 0.717) is 11.3 Å². The summed E-state index contributed by atoms with van der Waals surface area (Å²) in [6.07, 6.45) is 0.209. The number of hydrogen-bond donors (Lipinski definition) is 1. The first-order valence-electron chi connectivity index (χ1n) is 6.48. The normalized spacial score (nSPS) is 12.7. The molecule has 0 saturated heterocycles. The average molecular weight is 262 g/mol. The van der Waals surface area contributed by atoms with Crippen molar-refractivity contribution in [2.45, 2.75) is 40.2 Å². The molecule has 102 valence electrons. The largest absolute Gasteiger partial charge is 0.389 e. The van der Waals surface area contributed by atoms with Crippen molar-refractivity contribution in [1.29, 1.82) is 0 Å². The molecule has 1 heterocycles. The van der Waals surface area contributed by atoms with Gasteiger partial charge in [-0.2, -0.15) is 5.10 Å². The van der Waals surface area contributed by atoms with Gasteiger partial charge in [-0.05, 0) is 50.5 Å². The predicted molar refractivity (Wildman–Crippen MR) is 73.0 cm³/mol. The number of hydrogen-bond acceptors (Lipinski definition) is 2. The van der Waals surface area contributed by atoms with E-state index in [1.807, 2.05) is 13.8 Å². The second kappa shape index (κ2) is 5.13. The third kappa shape index (κ3) is 2.40. The number of benzene rings is 1. The molecule has 2 rings (SSSR count). The molecule has 0 saturated carbocycles. The van der Waals surface area contributed by atoms with E-state index in [4.69, 9.17) is 0 Å². The molecule has 0 radical (unpaired) electrons. The van der Waals surface area contributed by atoms with Crippen molar-refractivity contribution in [3.05, 3.63) is 46.5 Å². The van der Waals surface area contributed by atoms with Crippen LogP contribution in [0.3, 0.4) is 0 Å². The van der Waals surface area contributed by atoms with E-state index in [1.165, 1.54) is 6.07 Å². The molecule has 2 aromatic rings. The second-order valence-corrected chi connectivity index (χ2v) is 4.80. The minimum Gasteiger partial charge on any atom is -0.389 e. The van der Waals surface area contributed by atoms with E-state index >= 15 is 0 Å². The number of aliphatic hydroxyl groups is 1. The summed E-state index contributed by atoms with van der Waals surface area (Å²) in [6.45, 7) is 7.56. The fourth-order valence-corrected chi connectivity index (χ4v) is 2.38. The van der Waals surface area contributed by atoms with E-state index in [-0.39, 0.29) is 5.82 Å². The van der Waals surface area contributed by atoms with Crippen LogP contribution in [0, 0.1) is 19.7 Å². The first-order valence-corrected chi connectivity index (χ1v) is 6.48. The van der Waals surface area contributed by atoms with Crippen molar-refractivity contribution in [2.75, 3.05) is 0 Å². The SMILES string of the molecule is CCc1c(C)nn(-c2ccc(C(C)O)cc2F)c1C. The van der Waals surface area contributed by atoms with Gasteiger partial charge in [-0.3, -0.25) is 0 Å². The summed E-state index contributed by atoms with van der Waals surface area (Å²) < 4.78 is 15.8. The predicted octanol–water partition coefficient (Wildman–Crippen LogP) is 3.24. The van der Waals surface area contributed by atoms with Crippen molar-refractivity contribution in [2.24, 2.45) is 0 Å². The lowest BCUT2D eigenvalue weighted by molar-refractivity contribution is 0.199. The minimum absolute atomic E-state index is 0.369. The monoisotopic (exact) mass is 262 g/mol. The molecule has 0 amide bonds. The maximum atomic E-state index is 14.1. The zero-order valence-corrected chi connectivity index (χ0v) is 11.7. The molecular weight excluding hydrogens is 243 g/mol. The maximum Gasteiger partial charge on any atom is 0.149 e. The van der Waals surface area contributed by atoms with Crippen LogP contribution in [0.2, 0.25) is 0 Å². The highest BCUT2D eigenvalue weighted by molar-refractivity contribution is 5.40. The van der Waals surface area contributed by atoms with Gasteiger partial charge in [0.05, 0.1) is 11.8 Å². The average Bonchev–Trinajstić information content (AvgIpc) is 2.64. The fourth-order valence-electron chi connectivity index (χ4n) is 2.38. The zero-order chi connectivity index (χ0) is 14.2. The molecule has 0 bridgehead atoms. The van der Waals surface area contributed by atoms with Crippen molar-refractivity contribution in [1.82, 2.24) is 9.78 Å². The summed E-state index contributed by atoms with van der Waals surface area (Å²) in [4.78, 5) is 0. The summed E-state index contributed by atoms with van der Waals surface area (Å²) in [5, 5.41) is 13.9. The molecule has 0 aliphatic carbocycles. The Morgan fingerprint density at radius 1 is 1.37 bits per heavy atom. The van der Waals surface area contributed by atoms with Gasteiger partial charge in [0.2, 0.25) is 0 Å². The number of aliphatic hydroxyl groups excluding tert-OH is 1. The van der Waals surface area contributed by atoms with Gasteiger partial charge in [-0.25, -0.2) is 9.07 Å². The van der Waals surface area contributed by atoms with Gasteiger partial charge in [0.25, 0.3) is 0 Å². The number of aromatic nitrogens is 2. The quantitative estimate of drug-likeness (QED) is 0.922. The van der Waals surface area contributed by atoms with Gasteiger partial charge in [0, 0.05) is 5.69 Å². The number of aryl methyl sites for hydroxylation is 1. The Bertz CT molecular complexity index is 602. The van der Waals surface area contributed by atoms with Crippen molar-refractivity contribution in [3.8, 4) is 5.69 Å². The van der Waals surface area contributed by atoms with E-state index in [1.54, 1.807) is 23.7 Å². The van der Waals surface area contributed by atoms with Crippen LogP contribution in [0.4, 0.5) is 4.39 Å². The molecule has 1 aromatic heterocycles. The first kappa shape index (κ1) is 13.7. The molecule has 4 heteroatoms. The highest BCUT2D eigenvalue weighted by Gasteiger charge is 2.15. The van der Waals surface area contributed by atoms with Crippen LogP contribution < -0.4 is 0 Å². The smallest absolute Gasteiger partial charge is 0.149 e. The van der Waals surface area contributed by atoms with Crippen LogP contribution in [0.1, 0.15) is 42.5 Å². The van der Waals surface area contributed by atoms with E-state index < -0.39 is 6.10 Å². The highest BCUT2D eigenvalue weighted by Crippen LogP contribution is 2.23. The molecule has 0 aliphatic rings. The van der Waals surface area contributed by atoms with E-state index in [0.717, 1.165) is 23.4 Å². The van der Waals surface area contributed by atoms with Crippen molar-refractivity contribution < 1.29 is 9.50 Å². The Kier molecular flexibility index (Phi) is 3.71. The Morgan fingerprint density at radius 2 is 2.05 bits per heavy atom. The molecule has 1 aromatic carbocycles. The van der Waals surface area contributed by atoms with Gasteiger partial charge < -0.3 is 5.11 Å². The Morgan fingerprint density at radius 3 is 2.53 bits per heavy atom. The third-order valence-corrected chi connectivity index (χ3v) is 3.48. The van der Waals surface area contributed by atoms with Crippen LogP contribution in [0.5, 0.6) is 0 Å². The highest BCUT2D eigenvalue weighted by atomic mass is 19.1. The molecule has 0 fully saturated rings. The van der Waals surface area contributed by atoms with E-state index in [2.05, 4.69) is 12.0 Å². The zero-order valence-electron chi connectivity index (χ0n) is 11.7. The molecule has 1 atom stereocenters. The topological polar surface area (TPSA) is 38.0 Å². The van der Waals surface area contributed by atoms with Gasteiger partial charge >= 0.3 is 0 Å². The lowest BCUT2D eigenvalue weighted by Gasteiger charge is -2.10. The molecular formula is C15H19FN2O. The third-order valence-electron chi connectivity index (χ3n) is 3.48. The first-order chi connectivity index (χ1) is 8.95. The van der Waals surface area contributed by atoms with Crippen molar-refractivity contribution >= 4 is 0 Å². The van der Waals surface area contributed by atoms with Gasteiger partial charge in [-0.1, -0.05) is 13.0 Å². The van der Waals surface area contributed by atoms with Crippen LogP contribution in [-0.4, -0.2) is 14.9 Å². The van der Waals surface area contributed by atoms with Gasteiger partial charge in [-0.15, -0.1) is 0 Å². The standard InChI is InChI=1S/C15H19FN2O/c1-5-13-9(2)17-18(10(13)3)15-7-6-12(11(4)19)8-14(15)16/h6-8,11,19H,5H2,1-4H3. The van der Waals surface area contributed by atoms with Gasteiger partial charge in [0.1, 0.15) is 11.5 Å². The van der Waals surface area contributed by atoms with Crippen LogP contribution in [0.15, 0.2) is 18.2 Å². The second-order valence-electron chi connectivity index (χ2n) is 4.80. The summed E-state index contributed by atoms with van der Waals surface area (Å²) in [5.41, 5.74) is 4.03. The van der Waals surface area contributed by atoms with Gasteiger partial charge in [0.15, 0.2) is 0 Å². The van der Waals surface area contributed by atoms with Crippen molar-refractivity contribution in [3.63, 3.8) is 0 Å². The molecule has 0 aliphatic heterocycles. The summed E-state index contributed by atoms with van der Waals surface area (Å²) in [5.74, 6) is -0.369. The summed E-state index contributed by atoms with van der Waals surface area (Å²) in [6, 6.07) is 4.75. The molecule has 0 spiro atoms. The Hall–Kier alpha value is -1.68. The fraction of sp³-hybridized carbons (Fsp3) is 0.400. The van der Waals surface area contributed by atoms with E-state index in [9.17, 15) is 9.50 Å². The molecule has 1 unspecified atom stereocenters. The number of halogens is 1. The number of rotatable bonds is 3. The summed E-state index contributed by atoms with van der Waals surface area (Å²) in [7, 11) is 0. The molecule has 1 N–H and O–H groups in total. The minimum atomic E-state index is -0.671.